The third-order valence-corrected chi connectivity index (χ3v) is 4.97. The Hall–Kier alpha value is -1.23. The van der Waals surface area contributed by atoms with Gasteiger partial charge >= 0.3 is 0 Å². The Morgan fingerprint density at radius 3 is 2.53 bits per heavy atom. The lowest BCUT2D eigenvalue weighted by Gasteiger charge is -2.40. The second kappa shape index (κ2) is 5.04. The Balaban J connectivity index is 1.76. The van der Waals surface area contributed by atoms with Gasteiger partial charge in [0.05, 0.1) is 11.8 Å². The zero-order chi connectivity index (χ0) is 13.3. The monoisotopic (exact) mass is 276 g/mol. The van der Waals surface area contributed by atoms with Crippen molar-refractivity contribution in [3.05, 3.63) is 17.8 Å². The van der Waals surface area contributed by atoms with Crippen LogP contribution in [0.2, 0.25) is 0 Å². The molecular formula is C14H20N4S. The Labute approximate surface area is 119 Å². The quantitative estimate of drug-likeness (QED) is 0.840. The van der Waals surface area contributed by atoms with Crippen molar-refractivity contribution in [1.82, 2.24) is 10.2 Å². The van der Waals surface area contributed by atoms with E-state index in [1.807, 2.05) is 6.07 Å². The van der Waals surface area contributed by atoms with Gasteiger partial charge in [-0.1, -0.05) is 25.1 Å². The van der Waals surface area contributed by atoms with E-state index in [4.69, 9.17) is 18.0 Å². The van der Waals surface area contributed by atoms with Crippen LogP contribution in [0.3, 0.4) is 0 Å². The smallest absolute Gasteiger partial charge is 0.161 e. The number of rotatable bonds is 2. The highest BCUT2D eigenvalue weighted by Gasteiger charge is 2.37. The fourth-order valence-electron chi connectivity index (χ4n) is 3.57. The molecule has 0 bridgehead atoms. The molecule has 0 amide bonds. The van der Waals surface area contributed by atoms with Gasteiger partial charge in [-0.3, -0.25) is 0 Å². The van der Waals surface area contributed by atoms with Gasteiger partial charge in [-0.2, -0.15) is 5.10 Å². The number of anilines is 1. The van der Waals surface area contributed by atoms with Crippen molar-refractivity contribution in [2.24, 2.45) is 11.1 Å². The summed E-state index contributed by atoms with van der Waals surface area (Å²) in [4.78, 5) is 2.71. The van der Waals surface area contributed by atoms with Gasteiger partial charge in [0.25, 0.3) is 0 Å². The molecule has 102 valence electrons. The minimum atomic E-state index is 0.408. The Morgan fingerprint density at radius 2 is 1.89 bits per heavy atom. The molecule has 3 rings (SSSR count). The number of nitrogens with zero attached hydrogens (tertiary/aromatic N) is 3. The Morgan fingerprint density at radius 1 is 1.21 bits per heavy atom. The SMILES string of the molecule is NC(=S)c1ccnnc1N1CCC2(CCCC2)CC1. The number of thiocarbonyl (C=S) groups is 1. The minimum Gasteiger partial charge on any atom is -0.389 e. The summed E-state index contributed by atoms with van der Waals surface area (Å²) in [5.41, 5.74) is 7.24. The molecular weight excluding hydrogens is 256 g/mol. The maximum absolute atomic E-state index is 5.77. The molecule has 1 saturated carbocycles. The molecule has 2 heterocycles. The second-order valence-corrected chi connectivity index (χ2v) is 6.27. The van der Waals surface area contributed by atoms with Crippen LogP contribution in [-0.4, -0.2) is 28.3 Å². The topological polar surface area (TPSA) is 55.0 Å². The van der Waals surface area contributed by atoms with Crippen LogP contribution in [0.5, 0.6) is 0 Å². The molecule has 0 radical (unpaired) electrons. The Bertz CT molecular complexity index is 472. The fraction of sp³-hybridized carbons (Fsp3) is 0.643. The van der Waals surface area contributed by atoms with Crippen molar-refractivity contribution < 1.29 is 0 Å². The summed E-state index contributed by atoms with van der Waals surface area (Å²) in [5, 5.41) is 8.23. The standard InChI is InChI=1S/C14H20N4S/c15-12(19)11-3-8-16-17-13(11)18-9-6-14(7-10-18)4-1-2-5-14/h3,8H,1-2,4-7,9-10H2,(H2,15,19). The molecule has 0 aromatic carbocycles. The second-order valence-electron chi connectivity index (χ2n) is 5.83. The van der Waals surface area contributed by atoms with E-state index >= 15 is 0 Å². The van der Waals surface area contributed by atoms with Crippen LogP contribution < -0.4 is 10.6 Å². The molecule has 2 N–H and O–H groups in total. The zero-order valence-corrected chi connectivity index (χ0v) is 12.0. The molecule has 0 unspecified atom stereocenters. The first-order valence-corrected chi connectivity index (χ1v) is 7.48. The molecule has 1 aliphatic heterocycles. The maximum atomic E-state index is 5.77. The molecule has 1 spiro atoms. The first-order valence-electron chi connectivity index (χ1n) is 7.07. The van der Waals surface area contributed by atoms with E-state index in [2.05, 4.69) is 15.1 Å². The van der Waals surface area contributed by atoms with Gasteiger partial charge in [0.2, 0.25) is 0 Å². The number of hydrogen-bond acceptors (Lipinski definition) is 4. The van der Waals surface area contributed by atoms with Crippen LogP contribution in [-0.2, 0) is 0 Å². The van der Waals surface area contributed by atoms with Crippen molar-refractivity contribution >= 4 is 23.0 Å². The Kier molecular flexibility index (Phi) is 3.39. The van der Waals surface area contributed by atoms with E-state index in [0.29, 0.717) is 10.4 Å². The van der Waals surface area contributed by atoms with Gasteiger partial charge < -0.3 is 10.6 Å². The summed E-state index contributed by atoms with van der Waals surface area (Å²) in [6.07, 6.45) is 9.81. The van der Waals surface area contributed by atoms with Crippen molar-refractivity contribution in [2.45, 2.75) is 38.5 Å². The van der Waals surface area contributed by atoms with Crippen molar-refractivity contribution in [1.29, 1.82) is 0 Å². The van der Waals surface area contributed by atoms with Gasteiger partial charge in [0, 0.05) is 13.1 Å². The molecule has 1 aromatic heterocycles. The fourth-order valence-corrected chi connectivity index (χ4v) is 3.73. The lowest BCUT2D eigenvalue weighted by Crippen LogP contribution is -2.40. The molecule has 4 nitrogen and oxygen atoms in total. The zero-order valence-electron chi connectivity index (χ0n) is 11.1. The highest BCUT2D eigenvalue weighted by Crippen LogP contribution is 2.46. The van der Waals surface area contributed by atoms with Crippen LogP contribution in [0, 0.1) is 5.41 Å². The minimum absolute atomic E-state index is 0.408. The predicted octanol–water partition coefficient (Wildman–Crippen LogP) is 2.27. The van der Waals surface area contributed by atoms with E-state index in [-0.39, 0.29) is 0 Å². The van der Waals surface area contributed by atoms with Crippen molar-refractivity contribution in [3.63, 3.8) is 0 Å². The predicted molar refractivity (Wildman–Crippen MR) is 80.3 cm³/mol. The third kappa shape index (κ3) is 2.43. The lowest BCUT2D eigenvalue weighted by molar-refractivity contribution is 0.226. The van der Waals surface area contributed by atoms with E-state index in [1.165, 1.54) is 38.5 Å². The first-order chi connectivity index (χ1) is 9.20. The normalized spacial score (nSPS) is 21.8. The van der Waals surface area contributed by atoms with Crippen LogP contribution in [0.15, 0.2) is 12.3 Å². The highest BCUT2D eigenvalue weighted by atomic mass is 32.1. The summed E-state index contributed by atoms with van der Waals surface area (Å²) in [6, 6.07) is 1.87. The number of nitrogens with two attached hydrogens (primary N) is 1. The average Bonchev–Trinajstić information content (AvgIpc) is 2.88. The molecule has 1 saturated heterocycles. The molecule has 2 aliphatic rings. The van der Waals surface area contributed by atoms with Crippen LogP contribution in [0.25, 0.3) is 0 Å². The van der Waals surface area contributed by atoms with Crippen LogP contribution in [0.4, 0.5) is 5.82 Å². The summed E-state index contributed by atoms with van der Waals surface area (Å²) < 4.78 is 0. The van der Waals surface area contributed by atoms with E-state index in [9.17, 15) is 0 Å². The molecule has 1 aromatic rings. The average molecular weight is 276 g/mol. The van der Waals surface area contributed by atoms with E-state index in [0.717, 1.165) is 24.5 Å². The lowest BCUT2D eigenvalue weighted by atomic mass is 9.77. The first kappa shape index (κ1) is 12.8. The van der Waals surface area contributed by atoms with Gasteiger partial charge in [0.1, 0.15) is 4.99 Å². The van der Waals surface area contributed by atoms with Crippen LogP contribution >= 0.6 is 12.2 Å². The molecule has 2 fully saturated rings. The van der Waals surface area contributed by atoms with Gasteiger partial charge in [-0.05, 0) is 37.2 Å². The number of aromatic nitrogens is 2. The van der Waals surface area contributed by atoms with Crippen molar-refractivity contribution in [2.75, 3.05) is 18.0 Å². The molecule has 0 atom stereocenters. The van der Waals surface area contributed by atoms with E-state index < -0.39 is 0 Å². The van der Waals surface area contributed by atoms with Gasteiger partial charge in [-0.15, -0.1) is 5.10 Å². The highest BCUT2D eigenvalue weighted by molar-refractivity contribution is 7.80. The summed E-state index contributed by atoms with van der Waals surface area (Å²) in [5.74, 6) is 0.864. The molecule has 1 aliphatic carbocycles. The molecule has 19 heavy (non-hydrogen) atoms. The van der Waals surface area contributed by atoms with Crippen molar-refractivity contribution in [3.8, 4) is 0 Å². The van der Waals surface area contributed by atoms with Crippen LogP contribution in [0.1, 0.15) is 44.1 Å². The number of hydrogen-bond donors (Lipinski definition) is 1. The number of piperidine rings is 1. The largest absolute Gasteiger partial charge is 0.389 e. The maximum Gasteiger partial charge on any atom is 0.161 e. The third-order valence-electron chi connectivity index (χ3n) is 4.75. The summed E-state index contributed by atoms with van der Waals surface area (Å²) in [6.45, 7) is 2.10. The van der Waals surface area contributed by atoms with Gasteiger partial charge in [-0.25, -0.2) is 0 Å². The van der Waals surface area contributed by atoms with Gasteiger partial charge in [0.15, 0.2) is 5.82 Å². The van der Waals surface area contributed by atoms with E-state index in [1.54, 1.807) is 6.20 Å². The summed E-state index contributed by atoms with van der Waals surface area (Å²) in [7, 11) is 0. The molecule has 5 heteroatoms. The summed E-state index contributed by atoms with van der Waals surface area (Å²) >= 11 is 5.10.